The van der Waals surface area contributed by atoms with E-state index in [1.165, 1.54) is 0 Å². The fourth-order valence-corrected chi connectivity index (χ4v) is 4.06. The zero-order valence-electron chi connectivity index (χ0n) is 17.7. The number of hydrogen-bond acceptors (Lipinski definition) is 7. The molecule has 2 aromatic carbocycles. The first-order valence-electron chi connectivity index (χ1n) is 10.1. The number of imidazole rings is 1. The van der Waals surface area contributed by atoms with Crippen LogP contribution in [0.15, 0.2) is 47.5 Å². The van der Waals surface area contributed by atoms with Crippen LogP contribution in [-0.2, 0) is 0 Å². The Morgan fingerprint density at radius 2 is 1.87 bits per heavy atom. The summed E-state index contributed by atoms with van der Waals surface area (Å²) in [6.07, 6.45) is -0.159. The minimum absolute atomic E-state index is 0.159. The number of aromatic nitrogens is 2. The SMILES string of the molecule is COc1ccc(C2NC3=NCN(C(C)C)CN3c3nc4ccccc4n32)cc1OC. The molecule has 0 saturated carbocycles. The van der Waals surface area contributed by atoms with Gasteiger partial charge in [0.15, 0.2) is 11.5 Å². The molecular weight excluding hydrogens is 380 g/mol. The van der Waals surface area contributed by atoms with E-state index in [1.807, 2.05) is 30.3 Å². The van der Waals surface area contributed by atoms with Crippen LogP contribution >= 0.6 is 0 Å². The van der Waals surface area contributed by atoms with Gasteiger partial charge in [-0.05, 0) is 43.7 Å². The number of anilines is 1. The normalized spacial score (nSPS) is 18.6. The van der Waals surface area contributed by atoms with Crippen LogP contribution in [-0.4, -0.2) is 54.0 Å². The first-order chi connectivity index (χ1) is 14.6. The fourth-order valence-electron chi connectivity index (χ4n) is 4.06. The fraction of sp³-hybridized carbons (Fsp3) is 0.364. The third kappa shape index (κ3) is 2.87. The van der Waals surface area contributed by atoms with E-state index in [2.05, 4.69) is 45.7 Å². The second-order valence-corrected chi connectivity index (χ2v) is 7.81. The van der Waals surface area contributed by atoms with E-state index in [1.54, 1.807) is 14.2 Å². The first kappa shape index (κ1) is 18.7. The molecule has 1 unspecified atom stereocenters. The highest BCUT2D eigenvalue weighted by molar-refractivity contribution is 5.98. The number of benzene rings is 2. The van der Waals surface area contributed by atoms with E-state index in [0.29, 0.717) is 24.2 Å². The summed E-state index contributed by atoms with van der Waals surface area (Å²) in [5.74, 6) is 3.13. The van der Waals surface area contributed by atoms with Crippen LogP contribution in [0.5, 0.6) is 11.5 Å². The molecular formula is C22H26N6O2. The maximum atomic E-state index is 5.55. The van der Waals surface area contributed by atoms with Gasteiger partial charge in [-0.15, -0.1) is 0 Å². The number of nitrogens with zero attached hydrogens (tertiary/aromatic N) is 5. The van der Waals surface area contributed by atoms with Gasteiger partial charge in [-0.3, -0.25) is 14.4 Å². The smallest absolute Gasteiger partial charge is 0.216 e. The molecule has 5 rings (SSSR count). The van der Waals surface area contributed by atoms with Crippen LogP contribution in [0.3, 0.4) is 0 Å². The lowest BCUT2D eigenvalue weighted by Gasteiger charge is -2.42. The van der Waals surface area contributed by atoms with Gasteiger partial charge >= 0.3 is 0 Å². The largest absolute Gasteiger partial charge is 0.493 e. The molecule has 0 amide bonds. The maximum absolute atomic E-state index is 5.55. The predicted octanol–water partition coefficient (Wildman–Crippen LogP) is 3.01. The third-order valence-electron chi connectivity index (χ3n) is 5.78. The average molecular weight is 406 g/mol. The van der Waals surface area contributed by atoms with Gasteiger partial charge in [-0.1, -0.05) is 18.2 Å². The number of methoxy groups -OCH3 is 2. The van der Waals surface area contributed by atoms with Gasteiger partial charge in [0.25, 0.3) is 0 Å². The standard InChI is InChI=1S/C22H26N6O2/c1-14(2)26-12-23-21-25-20(15-9-10-18(29-3)19(11-15)30-4)28-17-8-6-5-7-16(17)24-22(28)27(21)13-26/h5-11,14,20H,12-13H2,1-4H3,(H,23,25). The topological polar surface area (TPSA) is 67.2 Å². The second-order valence-electron chi connectivity index (χ2n) is 7.81. The molecule has 1 atom stereocenters. The molecule has 2 aliphatic heterocycles. The molecule has 156 valence electrons. The van der Waals surface area contributed by atoms with E-state index in [9.17, 15) is 0 Å². The molecule has 30 heavy (non-hydrogen) atoms. The highest BCUT2D eigenvalue weighted by atomic mass is 16.5. The van der Waals surface area contributed by atoms with Gasteiger partial charge in [0.05, 0.1) is 38.6 Å². The molecule has 8 nitrogen and oxygen atoms in total. The molecule has 0 bridgehead atoms. The Morgan fingerprint density at radius 3 is 2.63 bits per heavy atom. The highest BCUT2D eigenvalue weighted by Gasteiger charge is 2.36. The summed E-state index contributed by atoms with van der Waals surface area (Å²) in [7, 11) is 3.30. The molecule has 3 heterocycles. The Balaban J connectivity index is 1.67. The number of hydrogen-bond donors (Lipinski definition) is 1. The summed E-state index contributed by atoms with van der Waals surface area (Å²) in [5.41, 5.74) is 3.08. The number of rotatable bonds is 4. The van der Waals surface area contributed by atoms with Gasteiger partial charge in [0.2, 0.25) is 11.9 Å². The first-order valence-corrected chi connectivity index (χ1v) is 10.1. The van der Waals surface area contributed by atoms with Crippen molar-refractivity contribution < 1.29 is 9.47 Å². The maximum Gasteiger partial charge on any atom is 0.216 e. The molecule has 3 aromatic rings. The van der Waals surface area contributed by atoms with Gasteiger partial charge in [0, 0.05) is 6.04 Å². The summed E-state index contributed by atoms with van der Waals surface area (Å²) in [6.45, 7) is 5.78. The van der Waals surface area contributed by atoms with E-state index in [-0.39, 0.29) is 6.17 Å². The molecule has 0 saturated heterocycles. The van der Waals surface area contributed by atoms with E-state index in [0.717, 1.165) is 35.2 Å². The van der Waals surface area contributed by atoms with Crippen LogP contribution < -0.4 is 19.7 Å². The Hall–Kier alpha value is -3.26. The number of aliphatic imine (C=N–C) groups is 1. The Kier molecular flexibility index (Phi) is 4.51. The Bertz CT molecular complexity index is 1120. The summed E-state index contributed by atoms with van der Waals surface area (Å²) >= 11 is 0. The summed E-state index contributed by atoms with van der Waals surface area (Å²) in [5, 5.41) is 3.63. The van der Waals surface area contributed by atoms with Gasteiger partial charge in [0.1, 0.15) is 6.17 Å². The van der Waals surface area contributed by atoms with Crippen molar-refractivity contribution in [3.05, 3.63) is 48.0 Å². The van der Waals surface area contributed by atoms with Crippen molar-refractivity contribution in [2.45, 2.75) is 26.1 Å². The molecule has 1 N–H and O–H groups in total. The second kappa shape index (κ2) is 7.21. The summed E-state index contributed by atoms with van der Waals surface area (Å²) < 4.78 is 13.2. The van der Waals surface area contributed by atoms with Crippen molar-refractivity contribution in [1.29, 1.82) is 0 Å². The van der Waals surface area contributed by atoms with Gasteiger partial charge in [-0.2, -0.15) is 0 Å². The molecule has 0 aliphatic carbocycles. The van der Waals surface area contributed by atoms with Crippen LogP contribution in [0, 0.1) is 0 Å². The Morgan fingerprint density at radius 1 is 1.07 bits per heavy atom. The highest BCUT2D eigenvalue weighted by Crippen LogP contribution is 2.37. The zero-order chi connectivity index (χ0) is 20.8. The summed E-state index contributed by atoms with van der Waals surface area (Å²) in [6, 6.07) is 14.6. The summed E-state index contributed by atoms with van der Waals surface area (Å²) in [4.78, 5) is 14.3. The number of fused-ring (bicyclic) bond motifs is 5. The minimum Gasteiger partial charge on any atom is -0.493 e. The lowest BCUT2D eigenvalue weighted by atomic mass is 10.1. The van der Waals surface area contributed by atoms with Crippen LogP contribution in [0.1, 0.15) is 25.6 Å². The zero-order valence-corrected chi connectivity index (χ0v) is 17.7. The lowest BCUT2D eigenvalue weighted by molar-refractivity contribution is 0.221. The lowest BCUT2D eigenvalue weighted by Crippen LogP contribution is -2.58. The quantitative estimate of drug-likeness (QED) is 0.719. The van der Waals surface area contributed by atoms with Crippen LogP contribution in [0.4, 0.5) is 5.95 Å². The van der Waals surface area contributed by atoms with Crippen molar-refractivity contribution in [3.63, 3.8) is 0 Å². The van der Waals surface area contributed by atoms with Crippen molar-refractivity contribution in [3.8, 4) is 11.5 Å². The van der Waals surface area contributed by atoms with Gasteiger partial charge < -0.3 is 14.8 Å². The average Bonchev–Trinajstić information content (AvgIpc) is 3.17. The van der Waals surface area contributed by atoms with Crippen LogP contribution in [0.2, 0.25) is 0 Å². The van der Waals surface area contributed by atoms with Gasteiger partial charge in [-0.25, -0.2) is 9.98 Å². The van der Waals surface area contributed by atoms with Crippen molar-refractivity contribution in [2.75, 3.05) is 32.5 Å². The minimum atomic E-state index is -0.159. The van der Waals surface area contributed by atoms with Crippen LogP contribution in [0.25, 0.3) is 11.0 Å². The third-order valence-corrected chi connectivity index (χ3v) is 5.78. The molecule has 0 radical (unpaired) electrons. The predicted molar refractivity (Wildman–Crippen MR) is 117 cm³/mol. The molecule has 8 heteroatoms. The Labute approximate surface area is 175 Å². The monoisotopic (exact) mass is 406 g/mol. The van der Waals surface area contributed by atoms with Crippen molar-refractivity contribution in [2.24, 2.45) is 4.99 Å². The van der Waals surface area contributed by atoms with Crippen molar-refractivity contribution >= 4 is 22.9 Å². The number of ether oxygens (including phenoxy) is 2. The molecule has 1 aromatic heterocycles. The molecule has 0 spiro atoms. The number of nitrogens with one attached hydrogen (secondary N) is 1. The van der Waals surface area contributed by atoms with Crippen molar-refractivity contribution in [1.82, 2.24) is 19.8 Å². The van der Waals surface area contributed by atoms with E-state index in [4.69, 9.17) is 19.5 Å². The van der Waals surface area contributed by atoms with E-state index < -0.39 is 0 Å². The van der Waals surface area contributed by atoms with E-state index >= 15 is 0 Å². The molecule has 2 aliphatic rings. The number of para-hydroxylation sites is 2. The molecule has 0 fully saturated rings. The number of guanidine groups is 1.